The summed E-state index contributed by atoms with van der Waals surface area (Å²) < 4.78 is 13.6. The summed E-state index contributed by atoms with van der Waals surface area (Å²) in [6, 6.07) is 13.7. The number of aliphatic hydroxyl groups excluding tert-OH is 1. The van der Waals surface area contributed by atoms with Crippen molar-refractivity contribution in [2.24, 2.45) is 0 Å². The number of Topliss-reactive ketones (excluding diaryl/α,β-unsaturated/α-hetero) is 1. The van der Waals surface area contributed by atoms with Crippen LogP contribution in [0.4, 0.5) is 10.1 Å². The molecule has 1 unspecified atom stereocenters. The normalized spacial score (nSPS) is 17.5. The van der Waals surface area contributed by atoms with Crippen molar-refractivity contribution < 1.29 is 19.1 Å². The van der Waals surface area contributed by atoms with Crippen LogP contribution in [0.2, 0.25) is 0 Å². The van der Waals surface area contributed by atoms with Gasteiger partial charge in [-0.15, -0.1) is 0 Å². The van der Waals surface area contributed by atoms with Crippen LogP contribution in [0.15, 0.2) is 65.9 Å². The molecular weight excluding hydrogens is 309 g/mol. The average molecular weight is 325 g/mol. The average Bonchev–Trinajstić information content (AvgIpc) is 2.86. The van der Waals surface area contributed by atoms with Gasteiger partial charge in [-0.3, -0.25) is 14.5 Å². The monoisotopic (exact) mass is 325 g/mol. The zero-order valence-electron chi connectivity index (χ0n) is 13.1. The van der Waals surface area contributed by atoms with Gasteiger partial charge >= 0.3 is 0 Å². The second-order valence-electron chi connectivity index (χ2n) is 5.51. The summed E-state index contributed by atoms with van der Waals surface area (Å²) in [5.74, 6) is -2.08. The van der Waals surface area contributed by atoms with Gasteiger partial charge in [-0.2, -0.15) is 0 Å². The van der Waals surface area contributed by atoms with E-state index in [0.717, 1.165) is 0 Å². The lowest BCUT2D eigenvalue weighted by atomic mass is 9.95. The molecule has 0 radical (unpaired) electrons. The molecule has 1 amide bonds. The highest BCUT2D eigenvalue weighted by atomic mass is 19.1. The van der Waals surface area contributed by atoms with Crippen molar-refractivity contribution in [3.05, 3.63) is 77.3 Å². The number of anilines is 1. The van der Waals surface area contributed by atoms with Crippen molar-refractivity contribution >= 4 is 17.4 Å². The lowest BCUT2D eigenvalue weighted by Crippen LogP contribution is -2.31. The summed E-state index contributed by atoms with van der Waals surface area (Å²) in [5, 5.41) is 10.3. The predicted octanol–water partition coefficient (Wildman–Crippen LogP) is 3.70. The summed E-state index contributed by atoms with van der Waals surface area (Å²) in [4.78, 5) is 26.2. The molecule has 0 spiro atoms. The number of ketones is 1. The van der Waals surface area contributed by atoms with Crippen molar-refractivity contribution in [3.63, 3.8) is 0 Å². The molecule has 24 heavy (non-hydrogen) atoms. The Kier molecular flexibility index (Phi) is 4.16. The number of aliphatic hydroxyl groups is 1. The first kappa shape index (κ1) is 15.9. The molecule has 1 N–H and O–H groups in total. The Labute approximate surface area is 138 Å². The number of carbonyl (C=O) groups is 2. The molecule has 1 heterocycles. The van der Waals surface area contributed by atoms with E-state index in [4.69, 9.17) is 0 Å². The summed E-state index contributed by atoms with van der Waals surface area (Å²) in [6.45, 7) is 1.67. The van der Waals surface area contributed by atoms with E-state index in [1.54, 1.807) is 37.3 Å². The summed E-state index contributed by atoms with van der Waals surface area (Å²) in [6.07, 6.45) is 0.160. The Bertz CT molecular complexity index is 830. The maximum Gasteiger partial charge on any atom is 0.294 e. The largest absolute Gasteiger partial charge is 0.503 e. The third-order valence-electron chi connectivity index (χ3n) is 4.03. The van der Waals surface area contributed by atoms with E-state index in [9.17, 15) is 19.1 Å². The van der Waals surface area contributed by atoms with Gasteiger partial charge < -0.3 is 5.11 Å². The van der Waals surface area contributed by atoms with E-state index in [2.05, 4.69) is 0 Å². The Morgan fingerprint density at radius 3 is 2.50 bits per heavy atom. The van der Waals surface area contributed by atoms with Gasteiger partial charge in [-0.25, -0.2) is 4.39 Å². The number of hydrogen-bond acceptors (Lipinski definition) is 3. The number of rotatable bonds is 4. The number of halogens is 1. The fraction of sp³-hybridized carbons (Fsp3) is 0.158. The highest BCUT2D eigenvalue weighted by Gasteiger charge is 2.43. The van der Waals surface area contributed by atoms with E-state index in [1.165, 1.54) is 23.1 Å². The van der Waals surface area contributed by atoms with E-state index in [-0.39, 0.29) is 17.8 Å². The number of benzene rings is 2. The van der Waals surface area contributed by atoms with Gasteiger partial charge in [0.05, 0.1) is 11.6 Å². The zero-order chi connectivity index (χ0) is 17.3. The minimum absolute atomic E-state index is 0.0537. The van der Waals surface area contributed by atoms with Crippen LogP contribution in [0.25, 0.3) is 0 Å². The Morgan fingerprint density at radius 1 is 1.17 bits per heavy atom. The Balaban J connectivity index is 2.18. The highest BCUT2D eigenvalue weighted by molar-refractivity contribution is 6.16. The van der Waals surface area contributed by atoms with Crippen molar-refractivity contribution in [2.75, 3.05) is 4.90 Å². The van der Waals surface area contributed by atoms with Crippen molar-refractivity contribution in [2.45, 2.75) is 19.4 Å². The molecule has 5 heteroatoms. The van der Waals surface area contributed by atoms with Crippen LogP contribution in [0.3, 0.4) is 0 Å². The quantitative estimate of drug-likeness (QED) is 0.932. The van der Waals surface area contributed by atoms with Crippen molar-refractivity contribution in [1.82, 2.24) is 0 Å². The first-order valence-corrected chi connectivity index (χ1v) is 7.65. The molecule has 122 valence electrons. The van der Waals surface area contributed by atoms with E-state index in [0.29, 0.717) is 11.3 Å². The maximum atomic E-state index is 13.6. The molecule has 1 aliphatic heterocycles. The second-order valence-corrected chi connectivity index (χ2v) is 5.51. The topological polar surface area (TPSA) is 57.6 Å². The standard InChI is InChI=1S/C19H16FNO3/c1-2-15(22)16-17(12-7-4-3-5-8-12)21(19(24)18(16)23)14-10-6-9-13(20)11-14/h3-11,17,23H,2H2,1H3. The van der Waals surface area contributed by atoms with Gasteiger partial charge in [0, 0.05) is 12.1 Å². The molecular formula is C19H16FNO3. The van der Waals surface area contributed by atoms with Crippen LogP contribution >= 0.6 is 0 Å². The number of carbonyl (C=O) groups excluding carboxylic acids is 2. The summed E-state index contributed by atoms with van der Waals surface area (Å²) in [5.41, 5.74) is 1.02. The summed E-state index contributed by atoms with van der Waals surface area (Å²) in [7, 11) is 0. The van der Waals surface area contributed by atoms with Crippen molar-refractivity contribution in [3.8, 4) is 0 Å². The van der Waals surface area contributed by atoms with Gasteiger partial charge in [-0.1, -0.05) is 43.3 Å². The molecule has 2 aromatic rings. The minimum Gasteiger partial charge on any atom is -0.503 e. The molecule has 0 aliphatic carbocycles. The van der Waals surface area contributed by atoms with Gasteiger partial charge in [0.15, 0.2) is 11.5 Å². The third-order valence-corrected chi connectivity index (χ3v) is 4.03. The van der Waals surface area contributed by atoms with E-state index >= 15 is 0 Å². The Morgan fingerprint density at radius 2 is 1.88 bits per heavy atom. The SMILES string of the molecule is CCC(=O)C1=C(O)C(=O)N(c2cccc(F)c2)C1c1ccccc1. The smallest absolute Gasteiger partial charge is 0.294 e. The minimum atomic E-state index is -0.770. The van der Waals surface area contributed by atoms with Gasteiger partial charge in [-0.05, 0) is 23.8 Å². The molecule has 0 aromatic heterocycles. The molecule has 0 bridgehead atoms. The molecule has 4 nitrogen and oxygen atoms in total. The fourth-order valence-corrected chi connectivity index (χ4v) is 2.92. The molecule has 3 rings (SSSR count). The second kappa shape index (κ2) is 6.28. The number of hydrogen-bond donors (Lipinski definition) is 1. The summed E-state index contributed by atoms with van der Waals surface area (Å²) >= 11 is 0. The molecule has 2 aromatic carbocycles. The zero-order valence-corrected chi connectivity index (χ0v) is 13.1. The molecule has 1 atom stereocenters. The van der Waals surface area contributed by atoms with Crippen molar-refractivity contribution in [1.29, 1.82) is 0 Å². The predicted molar refractivity (Wildman–Crippen MR) is 88.0 cm³/mol. The molecule has 0 saturated carbocycles. The van der Waals surface area contributed by atoms with Crippen LogP contribution in [0.1, 0.15) is 24.9 Å². The van der Waals surface area contributed by atoms with Gasteiger partial charge in [0.1, 0.15) is 5.82 Å². The molecule has 0 saturated heterocycles. The number of nitrogens with zero attached hydrogens (tertiary/aromatic N) is 1. The fourth-order valence-electron chi connectivity index (χ4n) is 2.92. The lowest BCUT2D eigenvalue weighted by molar-refractivity contribution is -0.118. The van der Waals surface area contributed by atoms with Gasteiger partial charge in [0.2, 0.25) is 0 Å². The first-order valence-electron chi connectivity index (χ1n) is 7.65. The lowest BCUT2D eigenvalue weighted by Gasteiger charge is -2.26. The number of amides is 1. The van der Waals surface area contributed by atoms with Crippen LogP contribution < -0.4 is 4.90 Å². The van der Waals surface area contributed by atoms with Crippen LogP contribution in [0.5, 0.6) is 0 Å². The maximum absolute atomic E-state index is 13.6. The highest BCUT2D eigenvalue weighted by Crippen LogP contribution is 2.41. The third kappa shape index (κ3) is 2.58. The van der Waals surface area contributed by atoms with Crippen LogP contribution in [-0.2, 0) is 9.59 Å². The first-order chi connectivity index (χ1) is 11.5. The Hall–Kier alpha value is -2.95. The van der Waals surface area contributed by atoms with E-state index < -0.39 is 23.5 Å². The van der Waals surface area contributed by atoms with Crippen LogP contribution in [-0.4, -0.2) is 16.8 Å². The van der Waals surface area contributed by atoms with E-state index in [1.807, 2.05) is 6.07 Å². The van der Waals surface area contributed by atoms with Crippen LogP contribution in [0, 0.1) is 5.82 Å². The van der Waals surface area contributed by atoms with Gasteiger partial charge in [0.25, 0.3) is 5.91 Å². The molecule has 1 aliphatic rings. The molecule has 0 fully saturated rings.